The van der Waals surface area contributed by atoms with E-state index in [4.69, 9.17) is 0 Å². The maximum Gasteiger partial charge on any atom is 0.416 e. The summed E-state index contributed by atoms with van der Waals surface area (Å²) in [6.07, 6.45) is -3.43. The van der Waals surface area contributed by atoms with E-state index < -0.39 is 11.7 Å². The average Bonchev–Trinajstić information content (AvgIpc) is 2.57. The number of hydrogen-bond acceptors (Lipinski definition) is 3. The first kappa shape index (κ1) is 19.1. The van der Waals surface area contributed by atoms with Crippen LogP contribution in [-0.2, 0) is 18.5 Å². The Morgan fingerprint density at radius 2 is 1.81 bits per heavy atom. The quantitative estimate of drug-likeness (QED) is 0.713. The smallest absolute Gasteiger partial charge is 0.366 e. The van der Waals surface area contributed by atoms with Crippen molar-refractivity contribution in [3.63, 3.8) is 0 Å². The summed E-state index contributed by atoms with van der Waals surface area (Å²) in [6.45, 7) is 2.26. The first-order valence-electron chi connectivity index (χ1n) is 8.65. The highest BCUT2D eigenvalue weighted by molar-refractivity contribution is 7.98. The van der Waals surface area contributed by atoms with Crippen molar-refractivity contribution in [2.75, 3.05) is 32.1 Å². The molecule has 6 heteroatoms. The maximum atomic E-state index is 13.2. The van der Waals surface area contributed by atoms with Gasteiger partial charge in [-0.25, -0.2) is 0 Å². The van der Waals surface area contributed by atoms with Gasteiger partial charge in [0.2, 0.25) is 0 Å². The molecule has 0 atom stereocenters. The molecule has 0 N–H and O–H groups in total. The summed E-state index contributed by atoms with van der Waals surface area (Å²) in [5.74, 6) is 0.778. The average molecular weight is 380 g/mol. The molecule has 0 unspecified atom stereocenters. The van der Waals surface area contributed by atoms with E-state index in [0.29, 0.717) is 12.2 Å². The molecule has 2 aromatic rings. The molecule has 0 amide bonds. The van der Waals surface area contributed by atoms with Gasteiger partial charge < -0.3 is 9.80 Å². The van der Waals surface area contributed by atoms with Crippen LogP contribution in [-0.4, -0.2) is 32.1 Å². The zero-order valence-electron chi connectivity index (χ0n) is 15.0. The lowest BCUT2D eigenvalue weighted by atomic mass is 10.1. The summed E-state index contributed by atoms with van der Waals surface area (Å²) < 4.78 is 39.7. The Balaban J connectivity index is 1.96. The zero-order chi connectivity index (χ0) is 18.7. The van der Waals surface area contributed by atoms with Gasteiger partial charge in [0.15, 0.2) is 0 Å². The summed E-state index contributed by atoms with van der Waals surface area (Å²) in [6, 6.07) is 12.3. The third-order valence-corrected chi connectivity index (χ3v) is 5.63. The monoisotopic (exact) mass is 380 g/mol. The summed E-state index contributed by atoms with van der Waals surface area (Å²) in [7, 11) is 4.02. The maximum absolute atomic E-state index is 13.2. The Labute approximate surface area is 157 Å². The van der Waals surface area contributed by atoms with Crippen LogP contribution in [0.3, 0.4) is 0 Å². The molecule has 0 fully saturated rings. The van der Waals surface area contributed by atoms with Crippen molar-refractivity contribution in [1.82, 2.24) is 4.90 Å². The van der Waals surface area contributed by atoms with Crippen LogP contribution in [0.15, 0.2) is 47.4 Å². The molecule has 2 nitrogen and oxygen atoms in total. The highest BCUT2D eigenvalue weighted by Crippen LogP contribution is 2.40. The van der Waals surface area contributed by atoms with Crippen LogP contribution in [0.4, 0.5) is 18.9 Å². The van der Waals surface area contributed by atoms with Gasteiger partial charge in [-0.3, -0.25) is 0 Å². The molecular formula is C20H23F3N2S. The molecule has 0 radical (unpaired) electrons. The second-order valence-electron chi connectivity index (χ2n) is 6.82. The van der Waals surface area contributed by atoms with E-state index in [9.17, 15) is 13.2 Å². The largest absolute Gasteiger partial charge is 0.416 e. The van der Waals surface area contributed by atoms with Gasteiger partial charge in [-0.1, -0.05) is 24.3 Å². The first-order valence-corrected chi connectivity index (χ1v) is 9.63. The van der Waals surface area contributed by atoms with Crippen molar-refractivity contribution >= 4 is 17.4 Å². The summed E-state index contributed by atoms with van der Waals surface area (Å²) in [5, 5.41) is 0. The van der Waals surface area contributed by atoms with Crippen LogP contribution < -0.4 is 4.90 Å². The molecule has 0 spiro atoms. The van der Waals surface area contributed by atoms with Crippen molar-refractivity contribution < 1.29 is 13.2 Å². The van der Waals surface area contributed by atoms with Gasteiger partial charge in [0.1, 0.15) is 0 Å². The van der Waals surface area contributed by atoms with Crippen LogP contribution in [0.2, 0.25) is 0 Å². The molecule has 26 heavy (non-hydrogen) atoms. The third kappa shape index (κ3) is 4.54. The van der Waals surface area contributed by atoms with E-state index in [1.54, 1.807) is 17.8 Å². The number of fused-ring (bicyclic) bond motifs is 2. The van der Waals surface area contributed by atoms with Crippen LogP contribution >= 0.6 is 11.8 Å². The molecule has 0 aliphatic carbocycles. The molecule has 0 saturated heterocycles. The van der Waals surface area contributed by atoms with Crippen LogP contribution in [0.1, 0.15) is 23.1 Å². The number of hydrogen-bond donors (Lipinski definition) is 0. The van der Waals surface area contributed by atoms with Gasteiger partial charge in [0, 0.05) is 23.7 Å². The van der Waals surface area contributed by atoms with Gasteiger partial charge in [-0.15, -0.1) is 11.8 Å². The van der Waals surface area contributed by atoms with E-state index in [1.165, 1.54) is 23.3 Å². The predicted octanol–water partition coefficient (Wildman–Crippen LogP) is 5.27. The van der Waals surface area contributed by atoms with Gasteiger partial charge in [0.25, 0.3) is 0 Å². The number of halogens is 3. The minimum Gasteiger partial charge on any atom is -0.366 e. The second kappa shape index (κ2) is 7.92. The van der Waals surface area contributed by atoms with Crippen molar-refractivity contribution in [3.8, 4) is 0 Å². The number of nitrogens with zero attached hydrogens (tertiary/aromatic N) is 2. The van der Waals surface area contributed by atoms with E-state index in [2.05, 4.69) is 21.9 Å². The van der Waals surface area contributed by atoms with Crippen LogP contribution in [0.5, 0.6) is 0 Å². The first-order chi connectivity index (χ1) is 12.3. The Hall–Kier alpha value is -1.66. The SMILES string of the molecule is CN(C)CCCN1Cc2ccccc2CSc2ccc(C(F)(F)F)cc21. The molecule has 3 rings (SSSR count). The predicted molar refractivity (Wildman–Crippen MR) is 102 cm³/mol. The molecular weight excluding hydrogens is 357 g/mol. The normalized spacial score (nSPS) is 14.6. The Kier molecular flexibility index (Phi) is 5.82. The van der Waals surface area contributed by atoms with E-state index in [1.807, 2.05) is 26.2 Å². The number of thioether (sulfide) groups is 1. The second-order valence-corrected chi connectivity index (χ2v) is 7.83. The summed E-state index contributed by atoms with van der Waals surface area (Å²) >= 11 is 1.61. The Morgan fingerprint density at radius 1 is 1.08 bits per heavy atom. The fourth-order valence-corrected chi connectivity index (χ4v) is 4.23. The van der Waals surface area contributed by atoms with Crippen molar-refractivity contribution in [2.24, 2.45) is 0 Å². The molecule has 0 aromatic heterocycles. The molecule has 1 aliphatic rings. The lowest BCUT2D eigenvalue weighted by Gasteiger charge is -2.31. The Bertz CT molecular complexity index is 759. The topological polar surface area (TPSA) is 6.48 Å². The molecule has 2 aromatic carbocycles. The van der Waals surface area contributed by atoms with Crippen molar-refractivity contribution in [2.45, 2.75) is 29.8 Å². The lowest BCUT2D eigenvalue weighted by Crippen LogP contribution is -2.28. The van der Waals surface area contributed by atoms with E-state index in [-0.39, 0.29) is 0 Å². The number of rotatable bonds is 4. The minimum absolute atomic E-state index is 0.580. The number of benzene rings is 2. The van der Waals surface area contributed by atoms with Gasteiger partial charge >= 0.3 is 6.18 Å². The standard InChI is InChI=1S/C20H23F3N2S/c1-24(2)10-5-11-25-13-15-6-3-4-7-16(15)14-26-19-9-8-17(12-18(19)25)20(21,22)23/h3-4,6-9,12H,5,10-11,13-14H2,1-2H3. The highest BCUT2D eigenvalue weighted by Gasteiger charge is 2.32. The fraction of sp³-hybridized carbons (Fsp3) is 0.400. The molecule has 1 heterocycles. The molecule has 0 saturated carbocycles. The Morgan fingerprint density at radius 3 is 2.50 bits per heavy atom. The van der Waals surface area contributed by atoms with E-state index in [0.717, 1.165) is 30.2 Å². The lowest BCUT2D eigenvalue weighted by molar-refractivity contribution is -0.137. The van der Waals surface area contributed by atoms with Crippen molar-refractivity contribution in [1.29, 1.82) is 0 Å². The van der Waals surface area contributed by atoms with E-state index >= 15 is 0 Å². The number of anilines is 1. The molecule has 140 valence electrons. The molecule has 1 aliphatic heterocycles. The van der Waals surface area contributed by atoms with Crippen molar-refractivity contribution in [3.05, 3.63) is 59.2 Å². The van der Waals surface area contributed by atoms with Crippen LogP contribution in [0, 0.1) is 0 Å². The fourth-order valence-electron chi connectivity index (χ4n) is 3.14. The summed E-state index contributed by atoms with van der Waals surface area (Å²) in [5.41, 5.74) is 2.55. The molecule has 0 bridgehead atoms. The van der Waals surface area contributed by atoms with Crippen LogP contribution in [0.25, 0.3) is 0 Å². The minimum atomic E-state index is -4.32. The summed E-state index contributed by atoms with van der Waals surface area (Å²) in [4.78, 5) is 5.11. The van der Waals surface area contributed by atoms with Gasteiger partial charge in [-0.05, 0) is 56.4 Å². The van der Waals surface area contributed by atoms with Gasteiger partial charge in [0.05, 0.1) is 11.3 Å². The van der Waals surface area contributed by atoms with Gasteiger partial charge in [-0.2, -0.15) is 13.2 Å². The number of alkyl halides is 3. The zero-order valence-corrected chi connectivity index (χ0v) is 15.8. The third-order valence-electron chi connectivity index (χ3n) is 4.52. The highest BCUT2D eigenvalue weighted by atomic mass is 32.2.